The molecule has 1 aliphatic carbocycles. The highest BCUT2D eigenvalue weighted by atomic mass is 16.4. The first kappa shape index (κ1) is 11.8. The van der Waals surface area contributed by atoms with Gasteiger partial charge >= 0.3 is 5.97 Å². The summed E-state index contributed by atoms with van der Waals surface area (Å²) in [5.74, 6) is -1.15. The molecule has 0 fully saturated rings. The van der Waals surface area contributed by atoms with Crippen molar-refractivity contribution >= 4 is 11.9 Å². The molecule has 84 valence electrons. The Morgan fingerprint density at radius 2 is 1.80 bits per heavy atom. The summed E-state index contributed by atoms with van der Waals surface area (Å²) in [5.41, 5.74) is -1.14. The van der Waals surface area contributed by atoms with E-state index in [-0.39, 0.29) is 11.8 Å². The Bertz CT molecular complexity index is 299. The third-order valence-electron chi connectivity index (χ3n) is 3.05. The number of hydrogen-bond donors (Lipinski definition) is 1. The first-order valence-electron chi connectivity index (χ1n) is 5.03. The van der Waals surface area contributed by atoms with Crippen LogP contribution in [0.1, 0.15) is 26.7 Å². The van der Waals surface area contributed by atoms with E-state index in [1.165, 1.54) is 18.7 Å². The summed E-state index contributed by atoms with van der Waals surface area (Å²) in [4.78, 5) is 24.2. The zero-order valence-electron chi connectivity index (χ0n) is 9.36. The second kappa shape index (κ2) is 4.04. The van der Waals surface area contributed by atoms with Crippen molar-refractivity contribution in [1.29, 1.82) is 0 Å². The largest absolute Gasteiger partial charge is 0.480 e. The molecule has 0 saturated heterocycles. The lowest BCUT2D eigenvalue weighted by molar-refractivity contribution is -0.156. The van der Waals surface area contributed by atoms with E-state index in [9.17, 15) is 9.59 Å². The summed E-state index contributed by atoms with van der Waals surface area (Å²) in [6.45, 7) is 3.07. The summed E-state index contributed by atoms with van der Waals surface area (Å²) in [6, 6.07) is 0. The Kier molecular flexibility index (Phi) is 3.17. The van der Waals surface area contributed by atoms with E-state index in [0.717, 1.165) is 12.8 Å². The summed E-state index contributed by atoms with van der Waals surface area (Å²) < 4.78 is 0. The van der Waals surface area contributed by atoms with Crippen molar-refractivity contribution in [3.8, 4) is 0 Å². The molecule has 0 atom stereocenters. The van der Waals surface area contributed by atoms with Crippen molar-refractivity contribution in [3.63, 3.8) is 0 Å². The molecule has 0 radical (unpaired) electrons. The van der Waals surface area contributed by atoms with Crippen LogP contribution in [0, 0.1) is 5.92 Å². The fourth-order valence-corrected chi connectivity index (χ4v) is 1.51. The highest BCUT2D eigenvalue weighted by Gasteiger charge is 2.37. The number of rotatable bonds is 3. The number of allylic oxidation sites excluding steroid dienone is 2. The molecule has 1 rings (SSSR count). The highest BCUT2D eigenvalue weighted by Crippen LogP contribution is 2.23. The summed E-state index contributed by atoms with van der Waals surface area (Å²) in [5, 5.41) is 8.99. The number of carboxylic acids is 1. The van der Waals surface area contributed by atoms with E-state index in [2.05, 4.69) is 0 Å². The molecule has 0 aromatic rings. The molecule has 0 saturated carbocycles. The van der Waals surface area contributed by atoms with Gasteiger partial charge in [0.2, 0.25) is 5.91 Å². The Balaban J connectivity index is 2.71. The number of carboxylic acid groups (broad SMARTS) is 1. The first-order valence-corrected chi connectivity index (χ1v) is 5.03. The quantitative estimate of drug-likeness (QED) is 0.715. The smallest absolute Gasteiger partial charge is 0.329 e. The van der Waals surface area contributed by atoms with Crippen LogP contribution in [0.5, 0.6) is 0 Å². The average Bonchev–Trinajstić information content (AvgIpc) is 2.67. The molecule has 0 aromatic carbocycles. The van der Waals surface area contributed by atoms with Crippen LogP contribution in [-0.2, 0) is 9.59 Å². The highest BCUT2D eigenvalue weighted by molar-refractivity contribution is 5.87. The molecule has 4 heteroatoms. The van der Waals surface area contributed by atoms with Crippen molar-refractivity contribution in [2.45, 2.75) is 32.2 Å². The number of carbonyl (C=O) groups excluding carboxylic acids is 1. The van der Waals surface area contributed by atoms with E-state index in [0.29, 0.717) is 0 Å². The van der Waals surface area contributed by atoms with Gasteiger partial charge in [0, 0.05) is 13.0 Å². The second-order valence-electron chi connectivity index (χ2n) is 4.40. The monoisotopic (exact) mass is 211 g/mol. The molecule has 0 heterocycles. The van der Waals surface area contributed by atoms with E-state index in [1.54, 1.807) is 7.05 Å². The van der Waals surface area contributed by atoms with Gasteiger partial charge in [-0.1, -0.05) is 12.2 Å². The van der Waals surface area contributed by atoms with Gasteiger partial charge in [-0.3, -0.25) is 4.79 Å². The molecule has 4 nitrogen and oxygen atoms in total. The predicted octanol–water partition coefficient (Wildman–Crippen LogP) is 1.27. The first-order chi connectivity index (χ1) is 6.87. The number of amides is 1. The number of carbonyl (C=O) groups is 2. The second-order valence-corrected chi connectivity index (χ2v) is 4.40. The topological polar surface area (TPSA) is 57.6 Å². The fraction of sp³-hybridized carbons (Fsp3) is 0.636. The molecule has 0 bridgehead atoms. The SMILES string of the molecule is CN(C(=O)C1CC=CC1)C(C)(C)C(=O)O. The Labute approximate surface area is 89.6 Å². The van der Waals surface area contributed by atoms with E-state index >= 15 is 0 Å². The minimum atomic E-state index is -1.14. The zero-order chi connectivity index (χ0) is 11.6. The Morgan fingerprint density at radius 3 is 2.20 bits per heavy atom. The van der Waals surface area contributed by atoms with Crippen LogP contribution >= 0.6 is 0 Å². The number of likely N-dealkylation sites (N-methyl/N-ethyl adjacent to an activating group) is 1. The minimum absolute atomic E-state index is 0.0753. The minimum Gasteiger partial charge on any atom is -0.480 e. The van der Waals surface area contributed by atoms with Gasteiger partial charge in [0.1, 0.15) is 5.54 Å². The molecule has 15 heavy (non-hydrogen) atoms. The molecule has 1 aliphatic rings. The van der Waals surface area contributed by atoms with Crippen molar-refractivity contribution in [2.24, 2.45) is 5.92 Å². The summed E-state index contributed by atoms with van der Waals surface area (Å²) in [7, 11) is 1.55. The van der Waals surface area contributed by atoms with Gasteiger partial charge in [-0.15, -0.1) is 0 Å². The fourth-order valence-electron chi connectivity index (χ4n) is 1.51. The number of hydrogen-bond acceptors (Lipinski definition) is 2. The average molecular weight is 211 g/mol. The predicted molar refractivity (Wildman–Crippen MR) is 56.3 cm³/mol. The lowest BCUT2D eigenvalue weighted by atomic mass is 9.99. The summed E-state index contributed by atoms with van der Waals surface area (Å²) >= 11 is 0. The van der Waals surface area contributed by atoms with Crippen LogP contribution in [0.3, 0.4) is 0 Å². The molecule has 0 aromatic heterocycles. The standard InChI is InChI=1S/C11H17NO3/c1-11(2,10(14)15)12(3)9(13)8-6-4-5-7-8/h4-5,8H,6-7H2,1-3H3,(H,14,15). The van der Waals surface area contributed by atoms with Gasteiger partial charge in [-0.05, 0) is 26.7 Å². The lowest BCUT2D eigenvalue weighted by Gasteiger charge is -2.33. The molecule has 0 spiro atoms. The Morgan fingerprint density at radius 1 is 1.33 bits per heavy atom. The normalized spacial score (nSPS) is 16.7. The van der Waals surface area contributed by atoms with Crippen LogP contribution in [0.2, 0.25) is 0 Å². The zero-order valence-corrected chi connectivity index (χ0v) is 9.36. The van der Waals surface area contributed by atoms with Crippen LogP contribution in [0.25, 0.3) is 0 Å². The molecule has 0 aliphatic heterocycles. The van der Waals surface area contributed by atoms with Crippen LogP contribution in [-0.4, -0.2) is 34.5 Å². The summed E-state index contributed by atoms with van der Waals surface area (Å²) in [6.07, 6.45) is 5.37. The third kappa shape index (κ3) is 2.19. The van der Waals surface area contributed by atoms with Gasteiger partial charge in [0.05, 0.1) is 0 Å². The van der Waals surface area contributed by atoms with Crippen molar-refractivity contribution in [2.75, 3.05) is 7.05 Å². The van der Waals surface area contributed by atoms with E-state index in [1.807, 2.05) is 12.2 Å². The van der Waals surface area contributed by atoms with Crippen LogP contribution < -0.4 is 0 Å². The maximum atomic E-state index is 11.9. The molecule has 1 amide bonds. The van der Waals surface area contributed by atoms with Crippen molar-refractivity contribution < 1.29 is 14.7 Å². The Hall–Kier alpha value is -1.32. The van der Waals surface area contributed by atoms with Crippen molar-refractivity contribution in [3.05, 3.63) is 12.2 Å². The van der Waals surface area contributed by atoms with Gasteiger partial charge in [-0.25, -0.2) is 4.79 Å². The van der Waals surface area contributed by atoms with Crippen molar-refractivity contribution in [1.82, 2.24) is 4.90 Å². The van der Waals surface area contributed by atoms with E-state index < -0.39 is 11.5 Å². The number of nitrogens with zero attached hydrogens (tertiary/aromatic N) is 1. The molecule has 1 N–H and O–H groups in total. The molecular weight excluding hydrogens is 194 g/mol. The van der Waals surface area contributed by atoms with Gasteiger partial charge in [0.15, 0.2) is 0 Å². The van der Waals surface area contributed by atoms with Gasteiger partial charge in [0.25, 0.3) is 0 Å². The van der Waals surface area contributed by atoms with Crippen LogP contribution in [0.4, 0.5) is 0 Å². The molecule has 0 unspecified atom stereocenters. The maximum absolute atomic E-state index is 11.9. The maximum Gasteiger partial charge on any atom is 0.329 e. The van der Waals surface area contributed by atoms with Gasteiger partial charge in [-0.2, -0.15) is 0 Å². The van der Waals surface area contributed by atoms with Crippen LogP contribution in [0.15, 0.2) is 12.2 Å². The lowest BCUT2D eigenvalue weighted by Crippen LogP contribution is -2.52. The molecular formula is C11H17NO3. The van der Waals surface area contributed by atoms with E-state index in [4.69, 9.17) is 5.11 Å². The third-order valence-corrected chi connectivity index (χ3v) is 3.05. The number of aliphatic carboxylic acids is 1. The van der Waals surface area contributed by atoms with Gasteiger partial charge < -0.3 is 10.0 Å².